The lowest BCUT2D eigenvalue weighted by Gasteiger charge is -2.10. The normalized spacial score (nSPS) is 11.5. The molecule has 2 aromatic rings. The van der Waals surface area contributed by atoms with E-state index in [1.165, 1.54) is 36.4 Å². The lowest BCUT2D eigenvalue weighted by atomic mass is 10.1. The number of hydrogen-bond donors (Lipinski definition) is 2. The van der Waals surface area contributed by atoms with Crippen LogP contribution in [0.2, 0.25) is 5.02 Å². The van der Waals surface area contributed by atoms with Crippen LogP contribution in [0, 0.1) is 0 Å². The molecule has 0 heterocycles. The van der Waals surface area contributed by atoms with Gasteiger partial charge in [0, 0.05) is 11.1 Å². The first kappa shape index (κ1) is 18.5. The van der Waals surface area contributed by atoms with Gasteiger partial charge in [0.25, 0.3) is 0 Å². The molecule has 4 nitrogen and oxygen atoms in total. The average molecular weight is 370 g/mol. The van der Waals surface area contributed by atoms with Crippen LogP contribution in [0.5, 0.6) is 0 Å². The fourth-order valence-corrected chi connectivity index (χ4v) is 2.22. The highest BCUT2D eigenvalue weighted by Crippen LogP contribution is 2.32. The number of carbonyl (C=O) groups is 2. The molecule has 0 atom stereocenters. The molecule has 0 bridgehead atoms. The number of alkyl halides is 3. The Labute approximate surface area is 145 Å². The number of hydrogen-bond acceptors (Lipinski definition) is 2. The number of halogens is 4. The number of benzene rings is 2. The van der Waals surface area contributed by atoms with E-state index in [1.807, 2.05) is 0 Å². The Morgan fingerprint density at radius 3 is 2.44 bits per heavy atom. The summed E-state index contributed by atoms with van der Waals surface area (Å²) in [5.41, 5.74) is -1.32. The average Bonchev–Trinajstić information content (AvgIpc) is 2.52. The smallest absolute Gasteiger partial charge is 0.416 e. The van der Waals surface area contributed by atoms with Crippen LogP contribution in [-0.4, -0.2) is 17.0 Å². The number of aromatic carboxylic acids is 1. The van der Waals surface area contributed by atoms with E-state index in [2.05, 4.69) is 5.32 Å². The fraction of sp³-hybridized carbons (Fsp3) is 0.0588. The first-order valence-electron chi connectivity index (χ1n) is 6.86. The molecule has 2 N–H and O–H groups in total. The van der Waals surface area contributed by atoms with Gasteiger partial charge in [-0.15, -0.1) is 0 Å². The molecule has 2 aromatic carbocycles. The summed E-state index contributed by atoms with van der Waals surface area (Å²) in [6.45, 7) is 0. The van der Waals surface area contributed by atoms with Crippen molar-refractivity contribution in [3.63, 3.8) is 0 Å². The van der Waals surface area contributed by atoms with E-state index >= 15 is 0 Å². The second-order valence-electron chi connectivity index (χ2n) is 4.90. The number of amides is 1. The fourth-order valence-electron chi connectivity index (χ4n) is 2.05. The summed E-state index contributed by atoms with van der Waals surface area (Å²) in [5.74, 6) is -2.07. The molecule has 0 aromatic heterocycles. The third kappa shape index (κ3) is 4.84. The summed E-state index contributed by atoms with van der Waals surface area (Å²) < 4.78 is 38.7. The van der Waals surface area contributed by atoms with Crippen LogP contribution in [0.4, 0.5) is 18.9 Å². The van der Waals surface area contributed by atoms with E-state index in [-0.39, 0.29) is 21.8 Å². The second-order valence-corrected chi connectivity index (χ2v) is 5.34. The highest BCUT2D eigenvalue weighted by Gasteiger charge is 2.32. The van der Waals surface area contributed by atoms with E-state index in [1.54, 1.807) is 0 Å². The molecule has 0 aliphatic heterocycles. The summed E-state index contributed by atoms with van der Waals surface area (Å²) >= 11 is 5.76. The van der Waals surface area contributed by atoms with Crippen molar-refractivity contribution in [3.8, 4) is 0 Å². The Morgan fingerprint density at radius 1 is 1.12 bits per heavy atom. The molecule has 130 valence electrons. The molecule has 0 spiro atoms. The molecule has 0 radical (unpaired) electrons. The van der Waals surface area contributed by atoms with Gasteiger partial charge in [0.1, 0.15) is 0 Å². The molecule has 0 saturated carbocycles. The molecule has 0 aliphatic rings. The Hall–Kier alpha value is -2.80. The minimum absolute atomic E-state index is 0.0567. The van der Waals surface area contributed by atoms with Crippen molar-refractivity contribution in [2.45, 2.75) is 6.18 Å². The molecule has 0 saturated heterocycles. The van der Waals surface area contributed by atoms with Crippen molar-refractivity contribution in [2.75, 3.05) is 5.32 Å². The van der Waals surface area contributed by atoms with E-state index in [4.69, 9.17) is 16.7 Å². The number of carbonyl (C=O) groups excluding carboxylic acids is 1. The van der Waals surface area contributed by atoms with Gasteiger partial charge >= 0.3 is 12.1 Å². The van der Waals surface area contributed by atoms with Gasteiger partial charge in [0.15, 0.2) is 0 Å². The van der Waals surface area contributed by atoms with E-state index < -0.39 is 23.6 Å². The summed E-state index contributed by atoms with van der Waals surface area (Å²) in [5, 5.41) is 11.6. The molecular formula is C17H11ClF3NO3. The molecule has 1 amide bonds. The SMILES string of the molecule is O=C(C=Cc1ccccc1C(F)(F)F)Nc1cc(Cl)ccc1C(=O)O. The van der Waals surface area contributed by atoms with Gasteiger partial charge in [-0.1, -0.05) is 29.8 Å². The summed E-state index contributed by atoms with van der Waals surface area (Å²) in [6, 6.07) is 8.56. The van der Waals surface area contributed by atoms with Crippen LogP contribution in [-0.2, 0) is 11.0 Å². The third-order valence-corrected chi connectivity index (χ3v) is 3.39. The highest BCUT2D eigenvalue weighted by molar-refractivity contribution is 6.31. The Kier molecular flexibility index (Phi) is 5.48. The summed E-state index contributed by atoms with van der Waals surface area (Å²) in [4.78, 5) is 23.0. The number of nitrogens with one attached hydrogen (secondary N) is 1. The maximum Gasteiger partial charge on any atom is 0.416 e. The molecule has 0 aliphatic carbocycles. The molecule has 8 heteroatoms. The molecule has 2 rings (SSSR count). The third-order valence-electron chi connectivity index (χ3n) is 3.15. The van der Waals surface area contributed by atoms with Crippen LogP contribution >= 0.6 is 11.6 Å². The Balaban J connectivity index is 2.24. The van der Waals surface area contributed by atoms with Crippen molar-refractivity contribution in [3.05, 3.63) is 70.3 Å². The van der Waals surface area contributed by atoms with Gasteiger partial charge in [0.2, 0.25) is 5.91 Å². The van der Waals surface area contributed by atoms with Crippen molar-refractivity contribution in [1.29, 1.82) is 0 Å². The quantitative estimate of drug-likeness (QED) is 0.767. The zero-order chi connectivity index (χ0) is 18.6. The molecule has 0 fully saturated rings. The number of rotatable bonds is 4. The van der Waals surface area contributed by atoms with Crippen LogP contribution < -0.4 is 5.32 Å². The van der Waals surface area contributed by atoms with Gasteiger partial charge in [-0.05, 0) is 35.9 Å². The highest BCUT2D eigenvalue weighted by atomic mass is 35.5. The number of carboxylic acid groups (broad SMARTS) is 1. The minimum Gasteiger partial charge on any atom is -0.478 e. The van der Waals surface area contributed by atoms with E-state index in [9.17, 15) is 22.8 Å². The lowest BCUT2D eigenvalue weighted by Crippen LogP contribution is -2.12. The zero-order valence-electron chi connectivity index (χ0n) is 12.5. The predicted molar refractivity (Wildman–Crippen MR) is 87.5 cm³/mol. The van der Waals surface area contributed by atoms with Crippen LogP contribution in [0.3, 0.4) is 0 Å². The zero-order valence-corrected chi connectivity index (χ0v) is 13.2. The van der Waals surface area contributed by atoms with Crippen molar-refractivity contribution in [2.24, 2.45) is 0 Å². The van der Waals surface area contributed by atoms with E-state index in [0.717, 1.165) is 18.2 Å². The first-order valence-corrected chi connectivity index (χ1v) is 7.24. The molecule has 0 unspecified atom stereocenters. The maximum atomic E-state index is 12.9. The maximum absolute atomic E-state index is 12.9. The van der Waals surface area contributed by atoms with Crippen molar-refractivity contribution in [1.82, 2.24) is 0 Å². The predicted octanol–water partition coefficient (Wildman–Crippen LogP) is 4.71. The number of anilines is 1. The van der Waals surface area contributed by atoms with Gasteiger partial charge in [-0.25, -0.2) is 4.79 Å². The summed E-state index contributed by atoms with van der Waals surface area (Å²) in [6.07, 6.45) is -2.67. The Morgan fingerprint density at radius 2 is 1.80 bits per heavy atom. The minimum atomic E-state index is -4.55. The second kappa shape index (κ2) is 7.40. The van der Waals surface area contributed by atoms with Crippen LogP contribution in [0.1, 0.15) is 21.5 Å². The molecular weight excluding hydrogens is 359 g/mol. The monoisotopic (exact) mass is 369 g/mol. The topological polar surface area (TPSA) is 66.4 Å². The lowest BCUT2D eigenvalue weighted by molar-refractivity contribution is -0.137. The molecule has 25 heavy (non-hydrogen) atoms. The summed E-state index contributed by atoms with van der Waals surface area (Å²) in [7, 11) is 0. The number of carboxylic acids is 1. The van der Waals surface area contributed by atoms with Gasteiger partial charge < -0.3 is 10.4 Å². The largest absolute Gasteiger partial charge is 0.478 e. The van der Waals surface area contributed by atoms with Crippen molar-refractivity contribution >= 4 is 35.2 Å². The van der Waals surface area contributed by atoms with Gasteiger partial charge in [0.05, 0.1) is 16.8 Å². The Bertz CT molecular complexity index is 847. The van der Waals surface area contributed by atoms with E-state index in [0.29, 0.717) is 0 Å². The van der Waals surface area contributed by atoms with Gasteiger partial charge in [-0.2, -0.15) is 13.2 Å². The van der Waals surface area contributed by atoms with Crippen molar-refractivity contribution < 1.29 is 27.9 Å². The standard InChI is InChI=1S/C17H11ClF3NO3/c18-11-6-7-12(16(24)25)14(9-11)22-15(23)8-5-10-3-1-2-4-13(10)17(19,20)21/h1-9H,(H,22,23)(H,24,25). The first-order chi connectivity index (χ1) is 11.7. The van der Waals surface area contributed by atoms with Gasteiger partial charge in [-0.3, -0.25) is 4.79 Å². The van der Waals surface area contributed by atoms with Crippen LogP contribution in [0.15, 0.2) is 48.5 Å². The van der Waals surface area contributed by atoms with Crippen LogP contribution in [0.25, 0.3) is 6.08 Å².